The molecule has 0 radical (unpaired) electrons. The van der Waals surface area contributed by atoms with Crippen LogP contribution in [0.4, 0.5) is 5.69 Å². The molecule has 0 aliphatic rings. The molecule has 0 fully saturated rings. The normalized spacial score (nSPS) is 10.0. The van der Waals surface area contributed by atoms with E-state index in [4.69, 9.17) is 15.2 Å². The average molecular weight is 314 g/mol. The number of nitrogens with one attached hydrogen (secondary N) is 1. The molecule has 0 aliphatic heterocycles. The molecular weight excluding hydrogens is 296 g/mol. The van der Waals surface area contributed by atoms with E-state index in [0.29, 0.717) is 22.7 Å². The predicted octanol–water partition coefficient (Wildman–Crippen LogP) is 1.98. The van der Waals surface area contributed by atoms with E-state index in [2.05, 4.69) is 5.32 Å². The van der Waals surface area contributed by atoms with Crippen molar-refractivity contribution in [3.05, 3.63) is 53.6 Å². The molecule has 3 N–H and O–H groups in total. The average Bonchev–Trinajstić information content (AvgIpc) is 2.55. The maximum atomic E-state index is 12.3. The largest absolute Gasteiger partial charge is 0.497 e. The van der Waals surface area contributed by atoms with Crippen LogP contribution in [0.3, 0.4) is 0 Å². The van der Waals surface area contributed by atoms with Crippen molar-refractivity contribution in [1.82, 2.24) is 0 Å². The van der Waals surface area contributed by atoms with Crippen LogP contribution in [0.2, 0.25) is 0 Å². The number of methoxy groups -OCH3 is 2. The van der Waals surface area contributed by atoms with E-state index in [0.717, 1.165) is 5.56 Å². The maximum absolute atomic E-state index is 12.3. The summed E-state index contributed by atoms with van der Waals surface area (Å²) in [4.78, 5) is 23.2. The van der Waals surface area contributed by atoms with Gasteiger partial charge in [0.15, 0.2) is 0 Å². The highest BCUT2D eigenvalue weighted by Gasteiger charge is 2.10. The number of anilines is 1. The summed E-state index contributed by atoms with van der Waals surface area (Å²) in [6, 6.07) is 11.9. The molecule has 0 aliphatic carbocycles. The van der Waals surface area contributed by atoms with Crippen LogP contribution in [0.25, 0.3) is 0 Å². The highest BCUT2D eigenvalue weighted by Crippen LogP contribution is 2.23. The molecule has 0 spiro atoms. The minimum atomic E-state index is -0.398. The summed E-state index contributed by atoms with van der Waals surface area (Å²) in [5.74, 6) is 0.382. The van der Waals surface area contributed by atoms with Gasteiger partial charge in [-0.15, -0.1) is 0 Å². The van der Waals surface area contributed by atoms with Gasteiger partial charge in [-0.2, -0.15) is 0 Å². The van der Waals surface area contributed by atoms with Gasteiger partial charge in [0, 0.05) is 17.3 Å². The lowest BCUT2D eigenvalue weighted by atomic mass is 10.1. The third-order valence-corrected chi connectivity index (χ3v) is 3.20. The second-order valence-electron chi connectivity index (χ2n) is 4.90. The van der Waals surface area contributed by atoms with E-state index >= 15 is 0 Å². The van der Waals surface area contributed by atoms with E-state index < -0.39 is 5.91 Å². The van der Waals surface area contributed by atoms with Crippen LogP contribution in [-0.2, 0) is 11.2 Å². The van der Waals surface area contributed by atoms with Crippen LogP contribution in [0.1, 0.15) is 15.9 Å². The van der Waals surface area contributed by atoms with Gasteiger partial charge in [-0.3, -0.25) is 9.59 Å². The lowest BCUT2D eigenvalue weighted by Gasteiger charge is -2.09. The summed E-state index contributed by atoms with van der Waals surface area (Å²) in [6.45, 7) is 0. The first-order valence-electron chi connectivity index (χ1n) is 6.93. The molecule has 2 aromatic carbocycles. The fourth-order valence-electron chi connectivity index (χ4n) is 2.05. The highest BCUT2D eigenvalue weighted by molar-refractivity contribution is 6.04. The van der Waals surface area contributed by atoms with Gasteiger partial charge in [0.05, 0.1) is 20.6 Å². The molecule has 120 valence electrons. The number of hydrogen-bond acceptors (Lipinski definition) is 4. The molecule has 2 amide bonds. The number of rotatable bonds is 6. The molecule has 0 bridgehead atoms. The van der Waals surface area contributed by atoms with Crippen LogP contribution >= 0.6 is 0 Å². The van der Waals surface area contributed by atoms with Crippen LogP contribution in [0, 0.1) is 0 Å². The van der Waals surface area contributed by atoms with E-state index in [1.165, 1.54) is 14.2 Å². The van der Waals surface area contributed by atoms with Crippen molar-refractivity contribution in [2.24, 2.45) is 5.73 Å². The zero-order chi connectivity index (χ0) is 16.8. The monoisotopic (exact) mass is 314 g/mol. The Morgan fingerprint density at radius 3 is 2.04 bits per heavy atom. The van der Waals surface area contributed by atoms with E-state index in [1.807, 2.05) is 0 Å². The Morgan fingerprint density at radius 1 is 1.00 bits per heavy atom. The Bertz CT molecular complexity index is 689. The van der Waals surface area contributed by atoms with E-state index in [9.17, 15) is 9.59 Å². The number of ether oxygens (including phenoxy) is 2. The zero-order valence-corrected chi connectivity index (χ0v) is 13.0. The Hall–Kier alpha value is -3.02. The molecule has 0 unspecified atom stereocenters. The molecule has 2 aromatic rings. The second kappa shape index (κ2) is 7.31. The molecule has 0 saturated carbocycles. The second-order valence-corrected chi connectivity index (χ2v) is 4.90. The van der Waals surface area contributed by atoms with Crippen molar-refractivity contribution in [3.63, 3.8) is 0 Å². The van der Waals surface area contributed by atoms with Crippen LogP contribution in [0.5, 0.6) is 11.5 Å². The summed E-state index contributed by atoms with van der Waals surface area (Å²) in [7, 11) is 3.04. The molecule has 0 heterocycles. The fraction of sp³-hybridized carbons (Fsp3) is 0.176. The number of benzene rings is 2. The van der Waals surface area contributed by atoms with Crippen molar-refractivity contribution in [1.29, 1.82) is 0 Å². The first-order valence-corrected chi connectivity index (χ1v) is 6.93. The van der Waals surface area contributed by atoms with Gasteiger partial charge >= 0.3 is 0 Å². The first kappa shape index (κ1) is 16.4. The highest BCUT2D eigenvalue weighted by atomic mass is 16.5. The van der Waals surface area contributed by atoms with Crippen LogP contribution in [0.15, 0.2) is 42.5 Å². The van der Waals surface area contributed by atoms with Gasteiger partial charge in [-0.1, -0.05) is 12.1 Å². The summed E-state index contributed by atoms with van der Waals surface area (Å²) in [5, 5.41) is 2.78. The Labute approximate surface area is 134 Å². The van der Waals surface area contributed by atoms with Crippen molar-refractivity contribution in [3.8, 4) is 11.5 Å². The Kier molecular flexibility index (Phi) is 5.19. The smallest absolute Gasteiger partial charge is 0.255 e. The van der Waals surface area contributed by atoms with Gasteiger partial charge in [0.1, 0.15) is 11.5 Å². The van der Waals surface area contributed by atoms with Gasteiger partial charge in [0.25, 0.3) is 5.91 Å². The van der Waals surface area contributed by atoms with Crippen LogP contribution in [-0.4, -0.2) is 26.0 Å². The molecule has 0 atom stereocenters. The SMILES string of the molecule is COc1cc(OC)cc(C(=O)Nc2ccc(CC(N)=O)cc2)c1. The number of hydrogen-bond donors (Lipinski definition) is 2. The summed E-state index contributed by atoms with van der Waals surface area (Å²) in [6.07, 6.45) is 0.168. The Balaban J connectivity index is 2.13. The molecule has 6 heteroatoms. The van der Waals surface area contributed by atoms with Gasteiger partial charge in [0.2, 0.25) is 5.91 Å². The number of carbonyl (C=O) groups is 2. The fourth-order valence-corrected chi connectivity index (χ4v) is 2.05. The van der Waals surface area contributed by atoms with Gasteiger partial charge < -0.3 is 20.5 Å². The zero-order valence-electron chi connectivity index (χ0n) is 13.0. The van der Waals surface area contributed by atoms with Gasteiger partial charge in [-0.05, 0) is 29.8 Å². The third-order valence-electron chi connectivity index (χ3n) is 3.20. The van der Waals surface area contributed by atoms with E-state index in [-0.39, 0.29) is 12.3 Å². The minimum absolute atomic E-state index is 0.168. The lowest BCUT2D eigenvalue weighted by molar-refractivity contribution is -0.117. The van der Waals surface area contributed by atoms with Crippen molar-refractivity contribution in [2.75, 3.05) is 19.5 Å². The number of carbonyl (C=O) groups excluding carboxylic acids is 2. The number of amides is 2. The number of nitrogens with two attached hydrogens (primary N) is 1. The summed E-state index contributed by atoms with van der Waals surface area (Å²) >= 11 is 0. The standard InChI is InChI=1S/C17H18N2O4/c1-22-14-8-12(9-15(10-14)23-2)17(21)19-13-5-3-11(4-6-13)7-16(18)20/h3-6,8-10H,7H2,1-2H3,(H2,18,20)(H,19,21). The first-order chi connectivity index (χ1) is 11.0. The number of primary amides is 1. The van der Waals surface area contributed by atoms with E-state index in [1.54, 1.807) is 42.5 Å². The quantitative estimate of drug-likeness (QED) is 0.853. The lowest BCUT2D eigenvalue weighted by Crippen LogP contribution is -2.14. The van der Waals surface area contributed by atoms with Crippen molar-refractivity contribution >= 4 is 17.5 Å². The van der Waals surface area contributed by atoms with Gasteiger partial charge in [-0.25, -0.2) is 0 Å². The predicted molar refractivity (Wildman–Crippen MR) is 86.8 cm³/mol. The summed E-state index contributed by atoms with van der Waals surface area (Å²) in [5.41, 5.74) is 6.97. The Morgan fingerprint density at radius 2 is 1.57 bits per heavy atom. The molecular formula is C17H18N2O4. The maximum Gasteiger partial charge on any atom is 0.255 e. The summed E-state index contributed by atoms with van der Waals surface area (Å²) < 4.78 is 10.3. The van der Waals surface area contributed by atoms with Crippen molar-refractivity contribution in [2.45, 2.75) is 6.42 Å². The third kappa shape index (κ3) is 4.47. The molecule has 0 aromatic heterocycles. The minimum Gasteiger partial charge on any atom is -0.497 e. The molecule has 6 nitrogen and oxygen atoms in total. The molecule has 2 rings (SSSR count). The molecule has 0 saturated heterocycles. The van der Waals surface area contributed by atoms with Crippen LogP contribution < -0.4 is 20.5 Å². The molecule has 23 heavy (non-hydrogen) atoms. The van der Waals surface area contributed by atoms with Crippen molar-refractivity contribution < 1.29 is 19.1 Å². The topological polar surface area (TPSA) is 90.7 Å².